The highest BCUT2D eigenvalue weighted by molar-refractivity contribution is 5.95. The Morgan fingerprint density at radius 1 is 1.04 bits per heavy atom. The van der Waals surface area contributed by atoms with Gasteiger partial charge in [0, 0.05) is 5.69 Å². The Labute approximate surface area is 145 Å². The second-order valence-electron chi connectivity index (χ2n) is 7.29. The first-order valence-electron chi connectivity index (χ1n) is 8.33. The fourth-order valence-electron chi connectivity index (χ4n) is 2.53. The third-order valence-corrected chi connectivity index (χ3v) is 4.11. The molecule has 3 heteroatoms. The van der Waals surface area contributed by atoms with Crippen molar-refractivity contribution >= 4 is 11.6 Å². The fraction of sp³-hybridized carbons (Fsp3) is 0.381. The second kappa shape index (κ2) is 7.08. The van der Waals surface area contributed by atoms with Crippen molar-refractivity contribution in [3.8, 4) is 5.75 Å². The molecule has 0 bridgehead atoms. The Morgan fingerprint density at radius 2 is 1.62 bits per heavy atom. The highest BCUT2D eigenvalue weighted by Gasteiger charge is 2.18. The van der Waals surface area contributed by atoms with Gasteiger partial charge in [-0.15, -0.1) is 0 Å². The number of para-hydroxylation sites is 1. The fourth-order valence-corrected chi connectivity index (χ4v) is 2.53. The van der Waals surface area contributed by atoms with Crippen LogP contribution in [0.1, 0.15) is 44.4 Å². The maximum Gasteiger partial charge on any atom is 0.265 e. The van der Waals surface area contributed by atoms with E-state index in [1.165, 1.54) is 5.56 Å². The van der Waals surface area contributed by atoms with E-state index < -0.39 is 6.10 Å². The van der Waals surface area contributed by atoms with Crippen LogP contribution < -0.4 is 10.1 Å². The lowest BCUT2D eigenvalue weighted by molar-refractivity contribution is -0.122. The van der Waals surface area contributed by atoms with E-state index in [0.717, 1.165) is 16.8 Å². The van der Waals surface area contributed by atoms with Crippen LogP contribution in [0.25, 0.3) is 0 Å². The summed E-state index contributed by atoms with van der Waals surface area (Å²) >= 11 is 0. The van der Waals surface area contributed by atoms with Gasteiger partial charge in [0.05, 0.1) is 0 Å². The van der Waals surface area contributed by atoms with E-state index >= 15 is 0 Å². The maximum absolute atomic E-state index is 12.5. The molecule has 1 atom stereocenters. The molecule has 0 radical (unpaired) electrons. The Kier molecular flexibility index (Phi) is 5.33. The summed E-state index contributed by atoms with van der Waals surface area (Å²) in [5.41, 5.74) is 4.18. The first kappa shape index (κ1) is 18.1. The number of hydrogen-bond acceptors (Lipinski definition) is 2. The minimum atomic E-state index is -0.570. The standard InChI is InChI=1S/C21H27NO2/c1-14-9-7-10-15(2)19(14)22-20(23)16(3)24-18-12-8-11-17(13-18)21(4,5)6/h7-13,16H,1-6H3,(H,22,23). The van der Waals surface area contributed by atoms with Crippen molar-refractivity contribution in [2.45, 2.75) is 53.1 Å². The van der Waals surface area contributed by atoms with Gasteiger partial charge < -0.3 is 10.1 Å². The van der Waals surface area contributed by atoms with Gasteiger partial charge in [-0.05, 0) is 55.0 Å². The van der Waals surface area contributed by atoms with Crippen LogP contribution in [-0.2, 0) is 10.2 Å². The van der Waals surface area contributed by atoms with Gasteiger partial charge in [0.15, 0.2) is 6.10 Å². The van der Waals surface area contributed by atoms with E-state index in [9.17, 15) is 4.79 Å². The van der Waals surface area contributed by atoms with Gasteiger partial charge in [-0.3, -0.25) is 4.79 Å². The maximum atomic E-state index is 12.5. The molecule has 128 valence electrons. The van der Waals surface area contributed by atoms with Crippen LogP contribution in [0.15, 0.2) is 42.5 Å². The first-order chi connectivity index (χ1) is 11.2. The monoisotopic (exact) mass is 325 g/mol. The zero-order chi connectivity index (χ0) is 17.9. The zero-order valence-corrected chi connectivity index (χ0v) is 15.4. The first-order valence-corrected chi connectivity index (χ1v) is 8.33. The van der Waals surface area contributed by atoms with E-state index in [4.69, 9.17) is 4.74 Å². The molecule has 3 nitrogen and oxygen atoms in total. The van der Waals surface area contributed by atoms with Crippen molar-refractivity contribution in [2.75, 3.05) is 5.32 Å². The molecule has 24 heavy (non-hydrogen) atoms. The Morgan fingerprint density at radius 3 is 2.21 bits per heavy atom. The summed E-state index contributed by atoms with van der Waals surface area (Å²) in [7, 11) is 0. The average molecular weight is 325 g/mol. The van der Waals surface area contributed by atoms with Crippen molar-refractivity contribution in [3.63, 3.8) is 0 Å². The summed E-state index contributed by atoms with van der Waals surface area (Å²) in [5.74, 6) is 0.570. The van der Waals surface area contributed by atoms with Gasteiger partial charge in [0.1, 0.15) is 5.75 Å². The molecule has 1 unspecified atom stereocenters. The molecule has 2 aromatic carbocycles. The molecule has 0 saturated carbocycles. The molecular formula is C21H27NO2. The number of carbonyl (C=O) groups excluding carboxylic acids is 1. The molecule has 0 heterocycles. The zero-order valence-electron chi connectivity index (χ0n) is 15.4. The third kappa shape index (κ3) is 4.38. The largest absolute Gasteiger partial charge is 0.481 e. The number of aryl methyl sites for hydroxylation is 2. The molecule has 2 aromatic rings. The van der Waals surface area contributed by atoms with Crippen molar-refractivity contribution < 1.29 is 9.53 Å². The van der Waals surface area contributed by atoms with Crippen LogP contribution >= 0.6 is 0 Å². The lowest BCUT2D eigenvalue weighted by Crippen LogP contribution is -2.30. The van der Waals surface area contributed by atoms with Crippen LogP contribution in [0, 0.1) is 13.8 Å². The van der Waals surface area contributed by atoms with Crippen LogP contribution in [0.2, 0.25) is 0 Å². The van der Waals surface area contributed by atoms with Crippen LogP contribution in [-0.4, -0.2) is 12.0 Å². The number of amides is 1. The van der Waals surface area contributed by atoms with E-state index in [0.29, 0.717) is 5.75 Å². The minimum absolute atomic E-state index is 0.0448. The molecule has 0 saturated heterocycles. The van der Waals surface area contributed by atoms with Gasteiger partial charge in [-0.25, -0.2) is 0 Å². The second-order valence-corrected chi connectivity index (χ2v) is 7.29. The lowest BCUT2D eigenvalue weighted by Gasteiger charge is -2.21. The van der Waals surface area contributed by atoms with Gasteiger partial charge in [0.25, 0.3) is 5.91 Å². The number of benzene rings is 2. The van der Waals surface area contributed by atoms with Gasteiger partial charge in [-0.1, -0.05) is 51.1 Å². The summed E-state index contributed by atoms with van der Waals surface area (Å²) < 4.78 is 5.85. The van der Waals surface area contributed by atoms with E-state index in [2.05, 4.69) is 32.2 Å². The summed E-state index contributed by atoms with van der Waals surface area (Å²) in [5, 5.41) is 2.98. The quantitative estimate of drug-likeness (QED) is 0.858. The number of carbonyl (C=O) groups is 1. The van der Waals surface area contributed by atoms with E-state index in [1.807, 2.05) is 50.2 Å². The van der Waals surface area contributed by atoms with Crippen LogP contribution in [0.4, 0.5) is 5.69 Å². The van der Waals surface area contributed by atoms with Crippen molar-refractivity contribution in [1.29, 1.82) is 0 Å². The highest BCUT2D eigenvalue weighted by Crippen LogP contribution is 2.26. The van der Waals surface area contributed by atoms with E-state index in [1.54, 1.807) is 6.92 Å². The minimum Gasteiger partial charge on any atom is -0.481 e. The molecule has 0 aliphatic rings. The van der Waals surface area contributed by atoms with Crippen LogP contribution in [0.3, 0.4) is 0 Å². The number of hydrogen-bond donors (Lipinski definition) is 1. The molecule has 0 aromatic heterocycles. The van der Waals surface area contributed by atoms with Crippen LogP contribution in [0.5, 0.6) is 5.75 Å². The Hall–Kier alpha value is -2.29. The average Bonchev–Trinajstić information content (AvgIpc) is 2.50. The number of anilines is 1. The SMILES string of the molecule is Cc1cccc(C)c1NC(=O)C(C)Oc1cccc(C(C)(C)C)c1. The molecular weight excluding hydrogens is 298 g/mol. The molecule has 1 amide bonds. The number of ether oxygens (including phenoxy) is 1. The predicted molar refractivity (Wildman–Crippen MR) is 99.8 cm³/mol. The van der Waals surface area contributed by atoms with Crippen molar-refractivity contribution in [2.24, 2.45) is 0 Å². The predicted octanol–water partition coefficient (Wildman–Crippen LogP) is 5.01. The summed E-state index contributed by atoms with van der Waals surface area (Å²) in [4.78, 5) is 12.5. The van der Waals surface area contributed by atoms with E-state index in [-0.39, 0.29) is 11.3 Å². The molecule has 1 N–H and O–H groups in total. The van der Waals surface area contributed by atoms with Gasteiger partial charge >= 0.3 is 0 Å². The summed E-state index contributed by atoms with van der Waals surface area (Å²) in [6.45, 7) is 12.2. The summed E-state index contributed by atoms with van der Waals surface area (Å²) in [6.07, 6.45) is -0.570. The van der Waals surface area contributed by atoms with Gasteiger partial charge in [-0.2, -0.15) is 0 Å². The third-order valence-electron chi connectivity index (χ3n) is 4.11. The molecule has 2 rings (SSSR count). The normalized spacial score (nSPS) is 12.6. The highest BCUT2D eigenvalue weighted by atomic mass is 16.5. The lowest BCUT2D eigenvalue weighted by atomic mass is 9.87. The smallest absolute Gasteiger partial charge is 0.265 e. The Bertz CT molecular complexity index is 709. The van der Waals surface area contributed by atoms with Crippen molar-refractivity contribution in [3.05, 3.63) is 59.2 Å². The topological polar surface area (TPSA) is 38.3 Å². The number of nitrogens with one attached hydrogen (secondary N) is 1. The molecule has 0 aliphatic heterocycles. The molecule has 0 aliphatic carbocycles. The molecule has 0 spiro atoms. The number of rotatable bonds is 4. The molecule has 0 fully saturated rings. The Balaban J connectivity index is 2.10. The van der Waals surface area contributed by atoms with Crippen molar-refractivity contribution in [1.82, 2.24) is 0 Å². The van der Waals surface area contributed by atoms with Gasteiger partial charge in [0.2, 0.25) is 0 Å². The summed E-state index contributed by atoms with van der Waals surface area (Å²) in [6, 6.07) is 13.9.